The minimum atomic E-state index is -1.26. The van der Waals surface area contributed by atoms with Crippen molar-refractivity contribution >= 4 is 21.7 Å². The van der Waals surface area contributed by atoms with E-state index in [1.807, 2.05) is 19.1 Å². The lowest BCUT2D eigenvalue weighted by molar-refractivity contribution is 0.656. The summed E-state index contributed by atoms with van der Waals surface area (Å²) in [6.45, 7) is 1.89. The van der Waals surface area contributed by atoms with E-state index in [1.54, 1.807) is 13.1 Å². The van der Waals surface area contributed by atoms with Crippen molar-refractivity contribution in [3.05, 3.63) is 34.1 Å². The van der Waals surface area contributed by atoms with Gasteiger partial charge in [-0.05, 0) is 18.6 Å². The molecule has 0 bridgehead atoms. The Morgan fingerprint density at radius 2 is 2.06 bits per heavy atom. The van der Waals surface area contributed by atoms with Crippen LogP contribution in [0, 0.1) is 6.92 Å². The number of hydrogen-bond acceptors (Lipinski definition) is 3. The maximum atomic E-state index is 12.0. The minimum Gasteiger partial charge on any atom is -0.288 e. The second kappa shape index (κ2) is 3.83. The first-order valence-corrected chi connectivity index (χ1v) is 6.38. The van der Waals surface area contributed by atoms with Crippen molar-refractivity contribution in [2.24, 2.45) is 7.05 Å². The van der Waals surface area contributed by atoms with Gasteiger partial charge in [0.2, 0.25) is 5.16 Å². The van der Waals surface area contributed by atoms with Gasteiger partial charge in [-0.2, -0.15) is 0 Å². The molecule has 0 fully saturated rings. The molecule has 1 unspecified atom stereocenters. The number of fused-ring (bicyclic) bond motifs is 1. The summed E-state index contributed by atoms with van der Waals surface area (Å²) in [5.74, 6) is 0. The Balaban J connectivity index is 3.01. The van der Waals surface area contributed by atoms with Crippen molar-refractivity contribution in [1.29, 1.82) is 0 Å². The first-order valence-electron chi connectivity index (χ1n) is 4.82. The van der Waals surface area contributed by atoms with E-state index < -0.39 is 10.8 Å². The molecule has 2 rings (SSSR count). The topological polar surface area (TPSA) is 52.0 Å². The Morgan fingerprint density at radius 1 is 1.38 bits per heavy atom. The number of aromatic nitrogens is 2. The molecular weight excluding hydrogens is 224 g/mol. The molecule has 0 aliphatic carbocycles. The minimum absolute atomic E-state index is 0.154. The van der Waals surface area contributed by atoms with Crippen LogP contribution in [0.5, 0.6) is 0 Å². The summed E-state index contributed by atoms with van der Waals surface area (Å²) in [5, 5.41) is 0.878. The molecule has 0 amide bonds. The molecule has 0 radical (unpaired) electrons. The Labute approximate surface area is 95.4 Å². The van der Waals surface area contributed by atoms with Gasteiger partial charge >= 0.3 is 0 Å². The highest BCUT2D eigenvalue weighted by molar-refractivity contribution is 7.84. The maximum Gasteiger partial charge on any atom is 0.261 e. The average molecular weight is 236 g/mol. The quantitative estimate of drug-likeness (QED) is 0.693. The highest BCUT2D eigenvalue weighted by Crippen LogP contribution is 2.13. The fourth-order valence-electron chi connectivity index (χ4n) is 1.68. The fraction of sp³-hybridized carbons (Fsp3) is 0.273. The number of aryl methyl sites for hydroxylation is 1. The van der Waals surface area contributed by atoms with Crippen molar-refractivity contribution in [1.82, 2.24) is 9.55 Å². The van der Waals surface area contributed by atoms with Gasteiger partial charge < -0.3 is 0 Å². The van der Waals surface area contributed by atoms with Gasteiger partial charge in [0.1, 0.15) is 0 Å². The SMILES string of the molecule is Cc1cccc2c(=O)n(C)c(S(C)=O)nc12. The van der Waals surface area contributed by atoms with Gasteiger partial charge in [0.15, 0.2) is 0 Å². The normalized spacial score (nSPS) is 12.9. The predicted octanol–water partition coefficient (Wildman–Crippen LogP) is 0.979. The standard InChI is InChI=1S/C11H12N2O2S/c1-7-5-4-6-8-9(7)12-11(16(3)15)13(2)10(8)14/h4-6H,1-3H3. The van der Waals surface area contributed by atoms with Crippen LogP contribution in [0.25, 0.3) is 10.9 Å². The summed E-state index contributed by atoms with van der Waals surface area (Å²) in [7, 11) is 0.328. The van der Waals surface area contributed by atoms with Gasteiger partial charge in [-0.15, -0.1) is 0 Å². The third-order valence-electron chi connectivity index (χ3n) is 2.52. The molecule has 0 aliphatic rings. The molecule has 1 heterocycles. The summed E-state index contributed by atoms with van der Waals surface area (Å²) < 4.78 is 12.8. The third kappa shape index (κ3) is 1.57. The molecule has 0 N–H and O–H groups in total. The Morgan fingerprint density at radius 3 is 2.69 bits per heavy atom. The second-order valence-electron chi connectivity index (χ2n) is 3.68. The fourth-order valence-corrected chi connectivity index (χ4v) is 2.36. The van der Waals surface area contributed by atoms with Crippen molar-refractivity contribution < 1.29 is 4.21 Å². The van der Waals surface area contributed by atoms with Crippen LogP contribution in [0.1, 0.15) is 5.56 Å². The lowest BCUT2D eigenvalue weighted by Gasteiger charge is -2.07. The van der Waals surface area contributed by atoms with E-state index in [4.69, 9.17) is 0 Å². The van der Waals surface area contributed by atoms with Gasteiger partial charge in [0.25, 0.3) is 5.56 Å². The van der Waals surface area contributed by atoms with E-state index in [1.165, 1.54) is 10.8 Å². The van der Waals surface area contributed by atoms with Gasteiger partial charge in [-0.25, -0.2) is 4.98 Å². The number of benzene rings is 1. The van der Waals surface area contributed by atoms with Crippen LogP contribution in [-0.4, -0.2) is 20.0 Å². The van der Waals surface area contributed by atoms with Crippen molar-refractivity contribution in [3.8, 4) is 0 Å². The molecule has 1 aromatic heterocycles. The maximum absolute atomic E-state index is 12.0. The van der Waals surface area contributed by atoms with E-state index in [2.05, 4.69) is 4.98 Å². The van der Waals surface area contributed by atoms with Crippen molar-refractivity contribution in [2.45, 2.75) is 12.1 Å². The van der Waals surface area contributed by atoms with Crippen LogP contribution in [0.4, 0.5) is 0 Å². The molecule has 0 saturated carbocycles. The molecule has 2 aromatic rings. The highest BCUT2D eigenvalue weighted by atomic mass is 32.2. The Bertz CT molecular complexity index is 646. The van der Waals surface area contributed by atoms with Crippen LogP contribution >= 0.6 is 0 Å². The first kappa shape index (κ1) is 11.0. The highest BCUT2D eigenvalue weighted by Gasteiger charge is 2.11. The average Bonchev–Trinajstić information content (AvgIpc) is 2.23. The van der Waals surface area contributed by atoms with Crippen LogP contribution < -0.4 is 5.56 Å². The lowest BCUT2D eigenvalue weighted by atomic mass is 10.1. The van der Waals surface area contributed by atoms with Gasteiger partial charge in [0.05, 0.1) is 21.7 Å². The number of para-hydroxylation sites is 1. The molecule has 1 aromatic carbocycles. The smallest absolute Gasteiger partial charge is 0.261 e. The Kier molecular flexibility index (Phi) is 2.63. The van der Waals surface area contributed by atoms with E-state index in [-0.39, 0.29) is 5.56 Å². The molecule has 84 valence electrons. The van der Waals surface area contributed by atoms with Gasteiger partial charge in [0, 0.05) is 13.3 Å². The van der Waals surface area contributed by atoms with Crippen LogP contribution in [0.3, 0.4) is 0 Å². The van der Waals surface area contributed by atoms with Crippen LogP contribution in [0.15, 0.2) is 28.2 Å². The number of rotatable bonds is 1. The molecular formula is C11H12N2O2S. The summed E-state index contributed by atoms with van der Waals surface area (Å²) in [4.78, 5) is 16.3. The Hall–Kier alpha value is -1.49. The zero-order chi connectivity index (χ0) is 11.9. The number of nitrogens with zero attached hydrogens (tertiary/aromatic N) is 2. The zero-order valence-electron chi connectivity index (χ0n) is 9.35. The molecule has 4 nitrogen and oxygen atoms in total. The van der Waals surface area contributed by atoms with Crippen molar-refractivity contribution in [3.63, 3.8) is 0 Å². The monoisotopic (exact) mass is 236 g/mol. The predicted molar refractivity (Wildman–Crippen MR) is 64.1 cm³/mol. The van der Waals surface area contributed by atoms with Crippen molar-refractivity contribution in [2.75, 3.05) is 6.26 Å². The summed E-state index contributed by atoms with van der Waals surface area (Å²) >= 11 is 0. The van der Waals surface area contributed by atoms with E-state index in [0.717, 1.165) is 5.56 Å². The molecule has 0 aliphatic heterocycles. The third-order valence-corrected chi connectivity index (χ3v) is 3.40. The van der Waals surface area contributed by atoms with E-state index >= 15 is 0 Å². The summed E-state index contributed by atoms with van der Waals surface area (Å²) in [5.41, 5.74) is 1.40. The largest absolute Gasteiger partial charge is 0.288 e. The van der Waals surface area contributed by atoms with Crippen LogP contribution in [0.2, 0.25) is 0 Å². The molecule has 0 spiro atoms. The number of hydrogen-bond donors (Lipinski definition) is 0. The van der Waals surface area contributed by atoms with E-state index in [9.17, 15) is 9.00 Å². The second-order valence-corrected chi connectivity index (χ2v) is 4.96. The van der Waals surface area contributed by atoms with Gasteiger partial charge in [-0.3, -0.25) is 13.6 Å². The first-order chi connectivity index (χ1) is 7.52. The molecule has 0 saturated heterocycles. The lowest BCUT2D eigenvalue weighted by Crippen LogP contribution is -2.22. The molecule has 5 heteroatoms. The van der Waals surface area contributed by atoms with Gasteiger partial charge in [-0.1, -0.05) is 12.1 Å². The zero-order valence-corrected chi connectivity index (χ0v) is 10.2. The molecule has 1 atom stereocenters. The molecule has 16 heavy (non-hydrogen) atoms. The van der Waals surface area contributed by atoms with Crippen LogP contribution in [-0.2, 0) is 17.8 Å². The summed E-state index contributed by atoms with van der Waals surface area (Å²) in [6, 6.07) is 5.44. The van der Waals surface area contributed by atoms with E-state index in [0.29, 0.717) is 16.1 Å². The summed E-state index contributed by atoms with van der Waals surface area (Å²) in [6.07, 6.45) is 1.52.